The second kappa shape index (κ2) is 10.7. The van der Waals surface area contributed by atoms with Crippen LogP contribution >= 0.6 is 0 Å². The second-order valence-electron chi connectivity index (χ2n) is 8.01. The Balaban J connectivity index is 1.64. The van der Waals surface area contributed by atoms with Gasteiger partial charge in [-0.25, -0.2) is 9.59 Å². The van der Waals surface area contributed by atoms with Gasteiger partial charge in [-0.2, -0.15) is 0 Å². The first-order chi connectivity index (χ1) is 16.8. The lowest BCUT2D eigenvalue weighted by Gasteiger charge is -2.48. The predicted molar refractivity (Wildman–Crippen MR) is 117 cm³/mol. The van der Waals surface area contributed by atoms with Crippen molar-refractivity contribution in [1.82, 2.24) is 0 Å². The smallest absolute Gasteiger partial charge is 0.341 e. The minimum Gasteiger partial charge on any atom is -0.455 e. The molecule has 2 bridgehead atoms. The lowest BCUT2D eigenvalue weighted by molar-refractivity contribution is -0.320. The standard InChI is InChI=1S/C25H24O10/c1-14(26)31-19-18(34-23(28)17-11-7-4-8-12-17)20(32-15(2)27)22-25(35-24(29)21(19)33-22)30-13-16-9-5-3-6-10-16/h3-12,18-22,25H,13H2,1-2H3/t18-,19-,20-,21-,22+,25+/m0/s1. The lowest BCUT2D eigenvalue weighted by atomic mass is 9.91. The molecule has 184 valence electrons. The molecule has 2 fully saturated rings. The molecule has 0 spiro atoms. The van der Waals surface area contributed by atoms with E-state index in [0.717, 1.165) is 19.4 Å². The number of hydrogen-bond donors (Lipinski definition) is 0. The van der Waals surface area contributed by atoms with Gasteiger partial charge in [-0.1, -0.05) is 48.5 Å². The monoisotopic (exact) mass is 484 g/mol. The van der Waals surface area contributed by atoms with Crippen LogP contribution in [0.1, 0.15) is 29.8 Å². The molecule has 4 rings (SSSR count). The van der Waals surface area contributed by atoms with Crippen molar-refractivity contribution in [3.8, 4) is 0 Å². The largest absolute Gasteiger partial charge is 0.455 e. The van der Waals surface area contributed by atoms with Gasteiger partial charge in [0.1, 0.15) is 0 Å². The number of fused-ring (bicyclic) bond motifs is 2. The highest BCUT2D eigenvalue weighted by Crippen LogP contribution is 2.36. The van der Waals surface area contributed by atoms with Crippen LogP contribution in [0, 0.1) is 0 Å². The van der Waals surface area contributed by atoms with Gasteiger partial charge in [-0.3, -0.25) is 9.59 Å². The molecular formula is C25H24O10. The molecule has 2 aliphatic rings. The molecule has 2 heterocycles. The highest BCUT2D eigenvalue weighted by molar-refractivity contribution is 5.89. The van der Waals surface area contributed by atoms with E-state index in [2.05, 4.69) is 0 Å². The van der Waals surface area contributed by atoms with E-state index in [1.54, 1.807) is 18.2 Å². The molecule has 0 unspecified atom stereocenters. The summed E-state index contributed by atoms with van der Waals surface area (Å²) in [5.41, 5.74) is 1.02. The summed E-state index contributed by atoms with van der Waals surface area (Å²) in [6.07, 6.45) is -7.92. The summed E-state index contributed by atoms with van der Waals surface area (Å²) in [5.74, 6) is -3.10. The van der Waals surface area contributed by atoms with Crippen LogP contribution in [0.25, 0.3) is 0 Å². The minimum atomic E-state index is -1.42. The molecule has 0 aromatic heterocycles. The molecule has 35 heavy (non-hydrogen) atoms. The molecule has 2 saturated heterocycles. The van der Waals surface area contributed by atoms with E-state index >= 15 is 0 Å². The van der Waals surface area contributed by atoms with Gasteiger partial charge in [-0.05, 0) is 17.7 Å². The summed E-state index contributed by atoms with van der Waals surface area (Å²) in [5, 5.41) is 0. The first kappa shape index (κ1) is 24.4. The molecule has 0 amide bonds. The van der Waals surface area contributed by atoms with Crippen molar-refractivity contribution in [1.29, 1.82) is 0 Å². The van der Waals surface area contributed by atoms with Gasteiger partial charge in [0.15, 0.2) is 30.5 Å². The van der Waals surface area contributed by atoms with Crippen LogP contribution < -0.4 is 0 Å². The highest BCUT2D eigenvalue weighted by atomic mass is 16.8. The number of cyclic esters (lactones) is 1. The number of hydrogen-bond acceptors (Lipinski definition) is 10. The molecule has 0 aliphatic carbocycles. The van der Waals surface area contributed by atoms with Crippen molar-refractivity contribution >= 4 is 23.9 Å². The Morgan fingerprint density at radius 1 is 0.800 bits per heavy atom. The average molecular weight is 484 g/mol. The fourth-order valence-corrected chi connectivity index (χ4v) is 3.96. The number of carbonyl (C=O) groups excluding carboxylic acids is 4. The van der Waals surface area contributed by atoms with Crippen molar-refractivity contribution in [2.75, 3.05) is 0 Å². The molecule has 0 radical (unpaired) electrons. The summed E-state index contributed by atoms with van der Waals surface area (Å²) < 4.78 is 33.5. The molecule has 2 aromatic rings. The van der Waals surface area contributed by atoms with E-state index < -0.39 is 60.7 Å². The highest BCUT2D eigenvalue weighted by Gasteiger charge is 2.61. The van der Waals surface area contributed by atoms with Gasteiger partial charge in [0.05, 0.1) is 12.2 Å². The van der Waals surface area contributed by atoms with Crippen molar-refractivity contribution in [2.45, 2.75) is 57.3 Å². The van der Waals surface area contributed by atoms with Crippen molar-refractivity contribution in [2.24, 2.45) is 0 Å². The van der Waals surface area contributed by atoms with Gasteiger partial charge in [0, 0.05) is 13.8 Å². The van der Waals surface area contributed by atoms with Gasteiger partial charge in [0.25, 0.3) is 0 Å². The molecule has 0 saturated carbocycles. The quantitative estimate of drug-likeness (QED) is 0.425. The molecule has 10 nitrogen and oxygen atoms in total. The molecule has 2 aliphatic heterocycles. The summed E-state index contributed by atoms with van der Waals surface area (Å²) in [6, 6.07) is 17.2. The molecule has 0 N–H and O–H groups in total. The first-order valence-corrected chi connectivity index (χ1v) is 11.0. The Bertz CT molecular complexity index is 1070. The summed E-state index contributed by atoms with van der Waals surface area (Å²) in [6.45, 7) is 2.36. The first-order valence-electron chi connectivity index (χ1n) is 11.0. The van der Waals surface area contributed by atoms with E-state index in [0.29, 0.717) is 0 Å². The van der Waals surface area contributed by atoms with E-state index in [-0.39, 0.29) is 12.2 Å². The number of ether oxygens (including phenoxy) is 6. The second-order valence-corrected chi connectivity index (χ2v) is 8.01. The molecular weight excluding hydrogens is 460 g/mol. The van der Waals surface area contributed by atoms with Crippen LogP contribution in [0.3, 0.4) is 0 Å². The number of rotatable bonds is 7. The third kappa shape index (κ3) is 5.67. The van der Waals surface area contributed by atoms with Crippen LogP contribution in [0.15, 0.2) is 60.7 Å². The maximum absolute atomic E-state index is 12.9. The van der Waals surface area contributed by atoms with Gasteiger partial charge in [-0.15, -0.1) is 0 Å². The number of carbonyl (C=O) groups is 4. The normalized spacial score (nSPS) is 27.3. The van der Waals surface area contributed by atoms with E-state index in [1.807, 2.05) is 30.3 Å². The maximum Gasteiger partial charge on any atom is 0.341 e. The lowest BCUT2D eigenvalue weighted by Crippen LogP contribution is -2.69. The zero-order valence-electron chi connectivity index (χ0n) is 19.0. The minimum absolute atomic E-state index is 0.0674. The Morgan fingerprint density at radius 3 is 2.03 bits per heavy atom. The van der Waals surface area contributed by atoms with Gasteiger partial charge in [0.2, 0.25) is 6.29 Å². The zero-order valence-corrected chi connectivity index (χ0v) is 19.0. The van der Waals surface area contributed by atoms with Crippen molar-refractivity contribution < 1.29 is 47.6 Å². The van der Waals surface area contributed by atoms with E-state index in [4.69, 9.17) is 28.4 Å². The fraction of sp³-hybridized carbons (Fsp3) is 0.360. The van der Waals surface area contributed by atoms with Gasteiger partial charge < -0.3 is 28.4 Å². The average Bonchev–Trinajstić information content (AvgIpc) is 2.84. The Hall–Kier alpha value is -3.76. The van der Waals surface area contributed by atoms with Crippen molar-refractivity contribution in [3.63, 3.8) is 0 Å². The third-order valence-electron chi connectivity index (χ3n) is 5.42. The molecule has 2 aromatic carbocycles. The van der Waals surface area contributed by atoms with Crippen LogP contribution in [0.4, 0.5) is 0 Å². The fourth-order valence-electron chi connectivity index (χ4n) is 3.96. The van der Waals surface area contributed by atoms with E-state index in [9.17, 15) is 19.2 Å². The number of esters is 4. The summed E-state index contributed by atoms with van der Waals surface area (Å²) in [7, 11) is 0. The SMILES string of the molecule is CC(=O)O[C@H]1[C@@H](OC(=O)c2ccccc2)[C@H](OC(C)=O)[C@@H]2O[C@H]1[C@H](OCc1ccccc1)OC2=O. The van der Waals surface area contributed by atoms with Crippen molar-refractivity contribution in [3.05, 3.63) is 71.8 Å². The third-order valence-corrected chi connectivity index (χ3v) is 5.42. The topological polar surface area (TPSA) is 124 Å². The van der Waals surface area contributed by atoms with E-state index in [1.165, 1.54) is 12.1 Å². The van der Waals surface area contributed by atoms with Crippen LogP contribution in [0.2, 0.25) is 0 Å². The predicted octanol–water partition coefficient (Wildman–Crippen LogP) is 1.94. The Kier molecular flexibility index (Phi) is 7.42. The zero-order chi connectivity index (χ0) is 24.9. The van der Waals surface area contributed by atoms with Gasteiger partial charge >= 0.3 is 23.9 Å². The molecule has 6 atom stereocenters. The summed E-state index contributed by atoms with van der Waals surface area (Å²) >= 11 is 0. The van der Waals surface area contributed by atoms with Crippen LogP contribution in [-0.4, -0.2) is 60.7 Å². The van der Waals surface area contributed by atoms with Crippen LogP contribution in [0.5, 0.6) is 0 Å². The number of benzene rings is 2. The summed E-state index contributed by atoms with van der Waals surface area (Å²) in [4.78, 5) is 49.5. The Morgan fingerprint density at radius 2 is 1.40 bits per heavy atom. The molecule has 10 heteroatoms. The van der Waals surface area contributed by atoms with Crippen LogP contribution in [-0.2, 0) is 49.4 Å². The maximum atomic E-state index is 12.9. The Labute approximate surface area is 201 Å².